The molecule has 9 heteroatoms. The summed E-state index contributed by atoms with van der Waals surface area (Å²) in [4.78, 5) is 49.0. The smallest absolute Gasteiger partial charge is 0.331 e. The zero-order chi connectivity index (χ0) is 22.9. The summed E-state index contributed by atoms with van der Waals surface area (Å²) in [5.41, 5.74) is 1.77. The lowest BCUT2D eigenvalue weighted by molar-refractivity contribution is -0.121. The van der Waals surface area contributed by atoms with Crippen molar-refractivity contribution in [2.24, 2.45) is 0 Å². The van der Waals surface area contributed by atoms with Gasteiger partial charge in [0.05, 0.1) is 28.9 Å². The van der Waals surface area contributed by atoms with Crippen LogP contribution in [0.4, 0.5) is 10.5 Å². The average molecular weight is 502 g/mol. The lowest BCUT2D eigenvalue weighted by atomic mass is 10.1. The van der Waals surface area contributed by atoms with E-state index < -0.39 is 6.04 Å². The molecule has 0 radical (unpaired) electrons. The Morgan fingerprint density at radius 1 is 1.15 bits per heavy atom. The molecule has 6 rings (SSSR count). The Morgan fingerprint density at radius 3 is 2.79 bits per heavy atom. The van der Waals surface area contributed by atoms with Crippen molar-refractivity contribution in [2.75, 3.05) is 11.4 Å². The van der Waals surface area contributed by atoms with E-state index in [1.54, 1.807) is 58.5 Å². The summed E-state index contributed by atoms with van der Waals surface area (Å²) in [6.45, 7) is 0.398. The molecule has 0 N–H and O–H groups in total. The number of urea groups is 1. The van der Waals surface area contributed by atoms with Crippen molar-refractivity contribution in [2.45, 2.75) is 24.5 Å². The van der Waals surface area contributed by atoms with E-state index in [1.165, 1.54) is 4.90 Å². The molecule has 3 fully saturated rings. The number of hydrogen-bond donors (Lipinski definition) is 0. The maximum atomic E-state index is 13.6. The van der Waals surface area contributed by atoms with Crippen LogP contribution >= 0.6 is 15.9 Å². The number of rotatable bonds is 2. The summed E-state index contributed by atoms with van der Waals surface area (Å²) in [6.07, 6.45) is 2.16. The quantitative estimate of drug-likeness (QED) is 0.501. The van der Waals surface area contributed by atoms with Crippen LogP contribution in [0.3, 0.4) is 0 Å². The molecule has 162 valence electrons. The van der Waals surface area contributed by atoms with Crippen LogP contribution in [-0.4, -0.2) is 57.3 Å². The summed E-state index contributed by atoms with van der Waals surface area (Å²) in [6, 6.07) is 14.2. The summed E-state index contributed by atoms with van der Waals surface area (Å²) in [5, 5.41) is 9.97. The van der Waals surface area contributed by atoms with Crippen LogP contribution in [0.1, 0.15) is 22.3 Å². The predicted octanol–water partition coefficient (Wildman–Crippen LogP) is 3.30. The number of aromatic nitrogens is 1. The maximum absolute atomic E-state index is 13.6. The number of piperazine rings is 1. The molecule has 4 amide bonds. The number of amides is 4. The maximum Gasteiger partial charge on any atom is 0.332 e. The van der Waals surface area contributed by atoms with Crippen molar-refractivity contribution in [3.63, 3.8) is 0 Å². The topological polar surface area (TPSA) is 97.6 Å². The van der Waals surface area contributed by atoms with E-state index >= 15 is 0 Å². The van der Waals surface area contributed by atoms with E-state index in [2.05, 4.69) is 27.0 Å². The molecule has 0 spiro atoms. The molecule has 8 nitrogen and oxygen atoms in total. The van der Waals surface area contributed by atoms with Gasteiger partial charge < -0.3 is 9.80 Å². The van der Waals surface area contributed by atoms with E-state index in [0.717, 1.165) is 4.47 Å². The van der Waals surface area contributed by atoms with Crippen molar-refractivity contribution < 1.29 is 14.4 Å². The van der Waals surface area contributed by atoms with Gasteiger partial charge in [-0.2, -0.15) is 5.26 Å². The molecular weight excluding hydrogens is 486 g/mol. The second-order valence-corrected chi connectivity index (χ2v) is 9.29. The zero-order valence-electron chi connectivity index (χ0n) is 17.2. The number of likely N-dealkylation sites (tertiary alicyclic amines) is 1. The number of pyridine rings is 1. The lowest BCUT2D eigenvalue weighted by Crippen LogP contribution is -2.54. The minimum absolute atomic E-state index is 0.143. The largest absolute Gasteiger partial charge is 0.332 e. The first-order chi connectivity index (χ1) is 16.0. The summed E-state index contributed by atoms with van der Waals surface area (Å²) >= 11 is 3.40. The van der Waals surface area contributed by atoms with Gasteiger partial charge >= 0.3 is 6.03 Å². The minimum Gasteiger partial charge on any atom is -0.331 e. The van der Waals surface area contributed by atoms with Crippen LogP contribution in [0.25, 0.3) is 10.9 Å². The third-order valence-corrected chi connectivity index (χ3v) is 7.20. The van der Waals surface area contributed by atoms with Crippen LogP contribution in [-0.2, 0) is 4.79 Å². The fourth-order valence-electron chi connectivity index (χ4n) is 5.34. The summed E-state index contributed by atoms with van der Waals surface area (Å²) in [5.74, 6) is -0.496. The number of carbonyl (C=O) groups is 3. The third-order valence-electron chi connectivity index (χ3n) is 6.70. The Kier molecular flexibility index (Phi) is 4.29. The average Bonchev–Trinajstić information content (AvgIpc) is 3.49. The number of anilines is 1. The number of benzene rings is 2. The zero-order valence-corrected chi connectivity index (χ0v) is 18.8. The number of nitriles is 1. The third kappa shape index (κ3) is 2.74. The highest BCUT2D eigenvalue weighted by Gasteiger charge is 2.63. The monoisotopic (exact) mass is 501 g/mol. The Morgan fingerprint density at radius 2 is 2.00 bits per heavy atom. The summed E-state index contributed by atoms with van der Waals surface area (Å²) in [7, 11) is 0. The molecular formula is C24H16BrN5O3. The second-order valence-electron chi connectivity index (χ2n) is 8.38. The molecule has 2 aromatic carbocycles. The number of halogens is 1. The van der Waals surface area contributed by atoms with Gasteiger partial charge in [0.15, 0.2) is 0 Å². The Balaban J connectivity index is 1.37. The van der Waals surface area contributed by atoms with Crippen molar-refractivity contribution in [1.82, 2.24) is 14.8 Å². The molecule has 2 bridgehead atoms. The number of nitrogens with zero attached hydrogens (tertiary/aromatic N) is 5. The van der Waals surface area contributed by atoms with Crippen LogP contribution in [0.2, 0.25) is 0 Å². The Labute approximate surface area is 197 Å². The van der Waals surface area contributed by atoms with Gasteiger partial charge in [0.2, 0.25) is 0 Å². The van der Waals surface area contributed by atoms with Crippen LogP contribution in [0.15, 0.2) is 59.2 Å². The van der Waals surface area contributed by atoms with E-state index in [4.69, 9.17) is 0 Å². The molecule has 3 aromatic rings. The highest BCUT2D eigenvalue weighted by Crippen LogP contribution is 2.44. The van der Waals surface area contributed by atoms with Gasteiger partial charge in [0, 0.05) is 28.2 Å². The summed E-state index contributed by atoms with van der Waals surface area (Å²) < 4.78 is 0.805. The van der Waals surface area contributed by atoms with Gasteiger partial charge in [0.1, 0.15) is 12.1 Å². The molecule has 0 aliphatic carbocycles. The van der Waals surface area contributed by atoms with Gasteiger partial charge in [-0.25, -0.2) is 9.69 Å². The van der Waals surface area contributed by atoms with Crippen molar-refractivity contribution in [1.29, 1.82) is 5.26 Å². The number of fused-ring (bicyclic) bond motifs is 6. The van der Waals surface area contributed by atoms with Gasteiger partial charge in [-0.3, -0.25) is 14.6 Å². The molecule has 3 aliphatic heterocycles. The second kappa shape index (κ2) is 7.12. The van der Waals surface area contributed by atoms with Crippen LogP contribution in [0, 0.1) is 11.3 Å². The molecule has 3 atom stereocenters. The van der Waals surface area contributed by atoms with Gasteiger partial charge in [-0.15, -0.1) is 0 Å². The molecule has 3 saturated heterocycles. The van der Waals surface area contributed by atoms with E-state index in [0.29, 0.717) is 40.7 Å². The molecule has 3 aliphatic rings. The van der Waals surface area contributed by atoms with Crippen molar-refractivity contribution >= 4 is 50.4 Å². The molecule has 4 heterocycles. The van der Waals surface area contributed by atoms with Gasteiger partial charge in [-0.1, -0.05) is 22.0 Å². The number of carbonyl (C=O) groups excluding carboxylic acids is 3. The van der Waals surface area contributed by atoms with Gasteiger partial charge in [-0.05, 0) is 48.9 Å². The number of hydrogen-bond acceptors (Lipinski definition) is 5. The predicted molar refractivity (Wildman–Crippen MR) is 122 cm³/mol. The Bertz CT molecular complexity index is 1420. The highest BCUT2D eigenvalue weighted by molar-refractivity contribution is 9.10. The molecule has 1 aromatic heterocycles. The van der Waals surface area contributed by atoms with Crippen LogP contribution in [0.5, 0.6) is 0 Å². The highest BCUT2D eigenvalue weighted by atomic mass is 79.9. The molecule has 2 unspecified atom stereocenters. The standard InChI is InChI=1S/C24H16BrN5O3/c25-15-4-1-3-13(9-15)22(31)28-12-16-10-19(28)21-23(32)30(24(33)29(16)21)18-7-6-14(11-26)20-17(18)5-2-8-27-20/h1-9,16,19,21H,10,12H2/t16?,19?,21-/m1/s1. The number of imide groups is 1. The lowest BCUT2D eigenvalue weighted by Gasteiger charge is -2.35. The first-order valence-electron chi connectivity index (χ1n) is 10.5. The van der Waals surface area contributed by atoms with E-state index in [-0.39, 0.29) is 29.9 Å². The van der Waals surface area contributed by atoms with Crippen molar-refractivity contribution in [3.05, 3.63) is 70.3 Å². The first-order valence-corrected chi connectivity index (χ1v) is 11.3. The first kappa shape index (κ1) is 19.9. The van der Waals surface area contributed by atoms with E-state index in [1.807, 2.05) is 6.07 Å². The molecule has 0 saturated carbocycles. The van der Waals surface area contributed by atoms with Gasteiger partial charge in [0.25, 0.3) is 11.8 Å². The molecule has 33 heavy (non-hydrogen) atoms. The minimum atomic E-state index is -0.713. The van der Waals surface area contributed by atoms with E-state index in [9.17, 15) is 19.6 Å². The fourth-order valence-corrected chi connectivity index (χ4v) is 5.74. The van der Waals surface area contributed by atoms with Crippen LogP contribution < -0.4 is 4.90 Å². The SMILES string of the molecule is N#Cc1ccc(N2C(=O)[C@H]3C4CC(CN4C(=O)c4cccc(Br)c4)N3C2=O)c2cccnc12. The van der Waals surface area contributed by atoms with Crippen molar-refractivity contribution in [3.8, 4) is 6.07 Å². The normalized spacial score (nSPS) is 23.4. The Hall–Kier alpha value is -3.77. The fraction of sp³-hybridized carbons (Fsp3) is 0.208.